The Labute approximate surface area is 149 Å². The second-order valence-electron chi connectivity index (χ2n) is 5.62. The number of fused-ring (bicyclic) bond motifs is 1. The molecule has 7 nitrogen and oxygen atoms in total. The summed E-state index contributed by atoms with van der Waals surface area (Å²) in [5.74, 6) is -0.493. The van der Waals surface area contributed by atoms with Crippen LogP contribution in [0.3, 0.4) is 0 Å². The van der Waals surface area contributed by atoms with Crippen LogP contribution in [0.1, 0.15) is 12.6 Å². The molecule has 1 heterocycles. The molecule has 7 heteroatoms. The van der Waals surface area contributed by atoms with Crippen LogP contribution in [0.2, 0.25) is 0 Å². The summed E-state index contributed by atoms with van der Waals surface area (Å²) in [6.45, 7) is 1.50. The molecule has 26 heavy (non-hydrogen) atoms. The maximum absolute atomic E-state index is 12.3. The highest BCUT2D eigenvalue weighted by Gasteiger charge is 2.21. The van der Waals surface area contributed by atoms with E-state index in [0.29, 0.717) is 22.7 Å². The molecular weight excluding hydrogens is 336 g/mol. The van der Waals surface area contributed by atoms with Crippen LogP contribution in [0.5, 0.6) is 5.75 Å². The van der Waals surface area contributed by atoms with Gasteiger partial charge in [-0.2, -0.15) is 0 Å². The summed E-state index contributed by atoms with van der Waals surface area (Å²) in [5, 5.41) is 7.31. The van der Waals surface area contributed by atoms with Gasteiger partial charge in [0.1, 0.15) is 11.4 Å². The van der Waals surface area contributed by atoms with Gasteiger partial charge in [-0.05, 0) is 31.2 Å². The van der Waals surface area contributed by atoms with Crippen molar-refractivity contribution < 1.29 is 23.6 Å². The van der Waals surface area contributed by atoms with E-state index in [0.717, 1.165) is 5.39 Å². The van der Waals surface area contributed by atoms with Crippen LogP contribution in [0.25, 0.3) is 11.0 Å². The van der Waals surface area contributed by atoms with Crippen LogP contribution in [0.15, 0.2) is 53.1 Å². The minimum absolute atomic E-state index is 0.0801. The molecule has 0 aliphatic carbocycles. The van der Waals surface area contributed by atoms with Gasteiger partial charge in [0.25, 0.3) is 5.91 Å². The fraction of sp³-hybridized carbons (Fsp3) is 0.211. The SMILES string of the molecule is COc1ccccc1NC(=O)[C@@H](C)OC(=O)Cc1noc2ccccc12. The summed E-state index contributed by atoms with van der Waals surface area (Å²) in [7, 11) is 1.51. The van der Waals surface area contributed by atoms with Gasteiger partial charge in [0.05, 0.1) is 19.2 Å². The molecule has 0 aliphatic rings. The van der Waals surface area contributed by atoms with Crippen LogP contribution in [0, 0.1) is 0 Å². The van der Waals surface area contributed by atoms with Crippen LogP contribution >= 0.6 is 0 Å². The molecule has 0 bridgehead atoms. The van der Waals surface area contributed by atoms with Gasteiger partial charge in [-0.25, -0.2) is 0 Å². The summed E-state index contributed by atoms with van der Waals surface area (Å²) in [5.41, 5.74) is 1.57. The van der Waals surface area contributed by atoms with E-state index in [1.54, 1.807) is 30.3 Å². The molecule has 134 valence electrons. The molecule has 2 aromatic carbocycles. The minimum atomic E-state index is -0.967. The lowest BCUT2D eigenvalue weighted by Gasteiger charge is -2.14. The van der Waals surface area contributed by atoms with E-state index >= 15 is 0 Å². The van der Waals surface area contributed by atoms with E-state index in [2.05, 4.69) is 10.5 Å². The average molecular weight is 354 g/mol. The Balaban J connectivity index is 1.61. The number of rotatable bonds is 6. The predicted molar refractivity (Wildman–Crippen MR) is 94.9 cm³/mol. The van der Waals surface area contributed by atoms with Crippen molar-refractivity contribution in [2.45, 2.75) is 19.4 Å². The number of methoxy groups -OCH3 is 1. The van der Waals surface area contributed by atoms with Crippen molar-refractivity contribution in [2.75, 3.05) is 12.4 Å². The highest BCUT2D eigenvalue weighted by Crippen LogP contribution is 2.23. The fourth-order valence-corrected chi connectivity index (χ4v) is 2.48. The van der Waals surface area contributed by atoms with E-state index in [-0.39, 0.29) is 6.42 Å². The largest absolute Gasteiger partial charge is 0.495 e. The number of benzene rings is 2. The molecular formula is C19H18N2O5. The Morgan fingerprint density at radius 1 is 1.15 bits per heavy atom. The predicted octanol–water partition coefficient (Wildman–Crippen LogP) is 2.95. The van der Waals surface area contributed by atoms with Gasteiger partial charge in [-0.1, -0.05) is 29.4 Å². The lowest BCUT2D eigenvalue weighted by atomic mass is 10.2. The van der Waals surface area contributed by atoms with Crippen molar-refractivity contribution in [3.8, 4) is 5.75 Å². The van der Waals surface area contributed by atoms with Crippen molar-refractivity contribution in [3.05, 3.63) is 54.2 Å². The van der Waals surface area contributed by atoms with Gasteiger partial charge in [-0.3, -0.25) is 9.59 Å². The summed E-state index contributed by atoms with van der Waals surface area (Å²) < 4.78 is 15.5. The van der Waals surface area contributed by atoms with Gasteiger partial charge < -0.3 is 19.3 Å². The highest BCUT2D eigenvalue weighted by atomic mass is 16.5. The van der Waals surface area contributed by atoms with Crippen molar-refractivity contribution in [3.63, 3.8) is 0 Å². The van der Waals surface area contributed by atoms with E-state index in [9.17, 15) is 9.59 Å². The van der Waals surface area contributed by atoms with E-state index in [1.807, 2.05) is 18.2 Å². The average Bonchev–Trinajstić information content (AvgIpc) is 3.05. The first-order valence-electron chi connectivity index (χ1n) is 8.05. The van der Waals surface area contributed by atoms with Crippen molar-refractivity contribution in [1.82, 2.24) is 5.16 Å². The Hall–Kier alpha value is -3.35. The third kappa shape index (κ3) is 3.83. The number of para-hydroxylation sites is 3. The number of ether oxygens (including phenoxy) is 2. The first kappa shape index (κ1) is 17.5. The zero-order valence-corrected chi connectivity index (χ0v) is 14.4. The molecule has 0 aliphatic heterocycles. The number of amides is 1. The number of aromatic nitrogens is 1. The van der Waals surface area contributed by atoms with E-state index in [4.69, 9.17) is 14.0 Å². The number of carbonyl (C=O) groups excluding carboxylic acids is 2. The quantitative estimate of drug-likeness (QED) is 0.685. The minimum Gasteiger partial charge on any atom is -0.495 e. The molecule has 0 saturated heterocycles. The number of carbonyl (C=O) groups is 2. The molecule has 1 amide bonds. The molecule has 0 unspecified atom stereocenters. The first-order valence-corrected chi connectivity index (χ1v) is 8.05. The Morgan fingerprint density at radius 3 is 2.69 bits per heavy atom. The van der Waals surface area contributed by atoms with Gasteiger partial charge in [-0.15, -0.1) is 0 Å². The van der Waals surface area contributed by atoms with E-state index < -0.39 is 18.0 Å². The molecule has 1 atom stereocenters. The number of nitrogens with zero attached hydrogens (tertiary/aromatic N) is 1. The Morgan fingerprint density at radius 2 is 1.88 bits per heavy atom. The molecule has 3 rings (SSSR count). The molecule has 0 spiro atoms. The Bertz CT molecular complexity index is 934. The zero-order chi connectivity index (χ0) is 18.5. The van der Waals surface area contributed by atoms with Crippen LogP contribution in [-0.2, 0) is 20.7 Å². The van der Waals surface area contributed by atoms with Crippen LogP contribution < -0.4 is 10.1 Å². The first-order chi connectivity index (χ1) is 12.6. The Kier molecular flexibility index (Phi) is 5.17. The molecule has 3 aromatic rings. The lowest BCUT2D eigenvalue weighted by Crippen LogP contribution is -2.30. The second-order valence-corrected chi connectivity index (χ2v) is 5.62. The molecule has 0 saturated carbocycles. The molecule has 0 fully saturated rings. The molecule has 1 aromatic heterocycles. The molecule has 0 radical (unpaired) electrons. The van der Waals surface area contributed by atoms with Crippen molar-refractivity contribution >= 4 is 28.5 Å². The van der Waals surface area contributed by atoms with Gasteiger partial charge >= 0.3 is 5.97 Å². The number of nitrogens with one attached hydrogen (secondary N) is 1. The fourth-order valence-electron chi connectivity index (χ4n) is 2.48. The summed E-state index contributed by atoms with van der Waals surface area (Å²) in [6.07, 6.45) is -1.05. The number of esters is 1. The van der Waals surface area contributed by atoms with Crippen molar-refractivity contribution in [1.29, 1.82) is 0 Å². The van der Waals surface area contributed by atoms with Crippen LogP contribution in [-0.4, -0.2) is 30.2 Å². The van der Waals surface area contributed by atoms with E-state index in [1.165, 1.54) is 14.0 Å². The maximum atomic E-state index is 12.3. The summed E-state index contributed by atoms with van der Waals surface area (Å²) >= 11 is 0. The zero-order valence-electron chi connectivity index (χ0n) is 14.4. The maximum Gasteiger partial charge on any atom is 0.312 e. The van der Waals surface area contributed by atoms with Gasteiger partial charge in [0.15, 0.2) is 11.7 Å². The third-order valence-corrected chi connectivity index (χ3v) is 3.81. The summed E-state index contributed by atoms with van der Waals surface area (Å²) in [4.78, 5) is 24.4. The van der Waals surface area contributed by atoms with Gasteiger partial charge in [0.2, 0.25) is 0 Å². The topological polar surface area (TPSA) is 90.7 Å². The number of hydrogen-bond donors (Lipinski definition) is 1. The summed E-state index contributed by atoms with van der Waals surface area (Å²) in [6, 6.07) is 14.2. The lowest BCUT2D eigenvalue weighted by molar-refractivity contribution is -0.152. The monoisotopic (exact) mass is 354 g/mol. The normalized spacial score (nSPS) is 11.8. The highest BCUT2D eigenvalue weighted by molar-refractivity contribution is 5.96. The smallest absolute Gasteiger partial charge is 0.312 e. The van der Waals surface area contributed by atoms with Crippen molar-refractivity contribution in [2.24, 2.45) is 0 Å². The van der Waals surface area contributed by atoms with Crippen LogP contribution in [0.4, 0.5) is 5.69 Å². The number of anilines is 1. The third-order valence-electron chi connectivity index (χ3n) is 3.81. The number of hydrogen-bond acceptors (Lipinski definition) is 6. The molecule has 1 N–H and O–H groups in total. The van der Waals surface area contributed by atoms with Gasteiger partial charge in [0, 0.05) is 5.39 Å². The second kappa shape index (κ2) is 7.69. The standard InChI is InChI=1S/C19H18N2O5/c1-12(19(23)20-14-8-4-6-10-17(14)24-2)25-18(22)11-15-13-7-3-5-9-16(13)26-21-15/h3-10,12H,11H2,1-2H3,(H,20,23)/t12-/m1/s1.